The highest BCUT2D eigenvalue weighted by atomic mass is 16.1. The molecule has 1 heterocycles. The summed E-state index contributed by atoms with van der Waals surface area (Å²) in [5, 5.41) is 0. The van der Waals surface area contributed by atoms with Crippen LogP contribution in [0.5, 0.6) is 0 Å². The molecule has 3 heteroatoms. The van der Waals surface area contributed by atoms with Crippen molar-refractivity contribution in [2.75, 3.05) is 19.6 Å². The molecule has 1 fully saturated rings. The Kier molecular flexibility index (Phi) is 5.12. The predicted molar refractivity (Wildman–Crippen MR) is 58.2 cm³/mol. The predicted octanol–water partition coefficient (Wildman–Crippen LogP) is 1.17. The van der Waals surface area contributed by atoms with Gasteiger partial charge in [0.1, 0.15) is 5.78 Å². The van der Waals surface area contributed by atoms with Crippen LogP contribution in [-0.2, 0) is 4.79 Å². The van der Waals surface area contributed by atoms with Gasteiger partial charge in [0.05, 0.1) is 6.54 Å². The lowest BCUT2D eigenvalue weighted by Crippen LogP contribution is -2.41. The largest absolute Gasteiger partial charge is 0.328 e. The summed E-state index contributed by atoms with van der Waals surface area (Å²) in [6.45, 7) is 4.76. The number of nitrogens with two attached hydrogens (primary N) is 1. The van der Waals surface area contributed by atoms with E-state index in [9.17, 15) is 4.79 Å². The third-order valence-corrected chi connectivity index (χ3v) is 2.84. The molecule has 0 aliphatic carbocycles. The minimum absolute atomic E-state index is 0.358. The van der Waals surface area contributed by atoms with Crippen molar-refractivity contribution in [3.05, 3.63) is 0 Å². The van der Waals surface area contributed by atoms with Crippen molar-refractivity contribution in [1.29, 1.82) is 0 Å². The topological polar surface area (TPSA) is 46.3 Å². The lowest BCUT2D eigenvalue weighted by molar-refractivity contribution is -0.120. The molecule has 3 nitrogen and oxygen atoms in total. The fourth-order valence-electron chi connectivity index (χ4n) is 1.81. The summed E-state index contributed by atoms with van der Waals surface area (Å²) in [5.41, 5.74) is 5.80. The Hall–Kier alpha value is -0.410. The van der Waals surface area contributed by atoms with Crippen LogP contribution in [-0.4, -0.2) is 36.4 Å². The second-order valence-corrected chi connectivity index (χ2v) is 4.26. The zero-order valence-corrected chi connectivity index (χ0v) is 9.17. The maximum atomic E-state index is 11.5. The van der Waals surface area contributed by atoms with Gasteiger partial charge >= 0.3 is 0 Å². The number of likely N-dealkylation sites (tertiary alicyclic amines) is 1. The standard InChI is InChI=1S/C11H22N2O/c1-2-3-4-11(14)9-13-7-5-10(12)6-8-13/h10H,2-9,12H2,1H3. The van der Waals surface area contributed by atoms with Crippen LogP contribution in [0, 0.1) is 0 Å². The van der Waals surface area contributed by atoms with Crippen molar-refractivity contribution in [3.8, 4) is 0 Å². The van der Waals surface area contributed by atoms with Gasteiger partial charge in [0.2, 0.25) is 0 Å². The molecule has 0 bridgehead atoms. The van der Waals surface area contributed by atoms with Crippen LogP contribution in [0.2, 0.25) is 0 Å². The number of hydrogen-bond donors (Lipinski definition) is 1. The van der Waals surface area contributed by atoms with Gasteiger partial charge in [-0.2, -0.15) is 0 Å². The number of carbonyl (C=O) groups is 1. The first kappa shape index (κ1) is 11.7. The molecule has 0 aromatic carbocycles. The molecule has 1 aliphatic rings. The summed E-state index contributed by atoms with van der Waals surface area (Å²) in [5.74, 6) is 0.391. The molecular weight excluding hydrogens is 176 g/mol. The highest BCUT2D eigenvalue weighted by molar-refractivity contribution is 5.80. The molecule has 0 aromatic rings. The van der Waals surface area contributed by atoms with Gasteiger partial charge in [-0.1, -0.05) is 13.3 Å². The van der Waals surface area contributed by atoms with Crippen molar-refractivity contribution in [2.24, 2.45) is 5.73 Å². The van der Waals surface area contributed by atoms with E-state index in [2.05, 4.69) is 11.8 Å². The highest BCUT2D eigenvalue weighted by Gasteiger charge is 2.17. The zero-order valence-electron chi connectivity index (χ0n) is 9.17. The van der Waals surface area contributed by atoms with Gasteiger partial charge in [-0.25, -0.2) is 0 Å². The molecular formula is C11H22N2O. The minimum atomic E-state index is 0.358. The monoisotopic (exact) mass is 198 g/mol. The van der Waals surface area contributed by atoms with Gasteiger partial charge in [0, 0.05) is 25.6 Å². The molecule has 1 saturated heterocycles. The molecule has 0 amide bonds. The van der Waals surface area contributed by atoms with Gasteiger partial charge in [-0.15, -0.1) is 0 Å². The quantitative estimate of drug-likeness (QED) is 0.721. The molecule has 0 radical (unpaired) electrons. The average Bonchev–Trinajstić information content (AvgIpc) is 2.18. The van der Waals surface area contributed by atoms with Crippen molar-refractivity contribution in [1.82, 2.24) is 4.90 Å². The Labute approximate surface area is 86.6 Å². The van der Waals surface area contributed by atoms with Crippen molar-refractivity contribution < 1.29 is 4.79 Å². The first-order chi connectivity index (χ1) is 6.72. The summed E-state index contributed by atoms with van der Waals surface area (Å²) in [7, 11) is 0. The van der Waals surface area contributed by atoms with Crippen LogP contribution >= 0.6 is 0 Å². The maximum absolute atomic E-state index is 11.5. The second kappa shape index (κ2) is 6.14. The smallest absolute Gasteiger partial charge is 0.146 e. The summed E-state index contributed by atoms with van der Waals surface area (Å²) < 4.78 is 0. The molecule has 0 spiro atoms. The lowest BCUT2D eigenvalue weighted by Gasteiger charge is -2.29. The number of piperidine rings is 1. The van der Waals surface area contributed by atoms with Gasteiger partial charge in [0.25, 0.3) is 0 Å². The van der Waals surface area contributed by atoms with Crippen LogP contribution in [0.4, 0.5) is 0 Å². The Bertz CT molecular complexity index is 174. The molecule has 0 unspecified atom stereocenters. The van der Waals surface area contributed by atoms with Gasteiger partial charge in [-0.3, -0.25) is 9.69 Å². The molecule has 82 valence electrons. The van der Waals surface area contributed by atoms with E-state index in [-0.39, 0.29) is 0 Å². The van der Waals surface area contributed by atoms with Crippen molar-refractivity contribution in [2.45, 2.75) is 45.1 Å². The summed E-state index contributed by atoms with van der Waals surface area (Å²) in [6.07, 6.45) is 4.98. The van der Waals surface area contributed by atoms with E-state index in [0.29, 0.717) is 18.4 Å². The first-order valence-corrected chi connectivity index (χ1v) is 5.72. The second-order valence-electron chi connectivity index (χ2n) is 4.26. The van der Waals surface area contributed by atoms with Crippen LogP contribution in [0.15, 0.2) is 0 Å². The fourth-order valence-corrected chi connectivity index (χ4v) is 1.81. The van der Waals surface area contributed by atoms with Crippen LogP contribution < -0.4 is 5.73 Å². The van der Waals surface area contributed by atoms with E-state index in [1.54, 1.807) is 0 Å². The average molecular weight is 198 g/mol. The Morgan fingerprint density at radius 2 is 2.07 bits per heavy atom. The summed E-state index contributed by atoms with van der Waals surface area (Å²) in [4.78, 5) is 13.7. The molecule has 14 heavy (non-hydrogen) atoms. The molecule has 1 aliphatic heterocycles. The Morgan fingerprint density at radius 1 is 1.43 bits per heavy atom. The molecule has 2 N–H and O–H groups in total. The SMILES string of the molecule is CCCCC(=O)CN1CCC(N)CC1. The number of rotatable bonds is 5. The molecule has 1 rings (SSSR count). The number of unbranched alkanes of at least 4 members (excludes halogenated alkanes) is 1. The Morgan fingerprint density at radius 3 is 2.64 bits per heavy atom. The normalized spacial score (nSPS) is 19.9. The van der Waals surface area contributed by atoms with Crippen molar-refractivity contribution >= 4 is 5.78 Å². The number of carbonyl (C=O) groups excluding carboxylic acids is 1. The lowest BCUT2D eigenvalue weighted by atomic mass is 10.1. The molecule has 0 atom stereocenters. The number of ketones is 1. The van der Waals surface area contributed by atoms with E-state index >= 15 is 0 Å². The van der Waals surface area contributed by atoms with E-state index in [1.165, 1.54) is 0 Å². The number of nitrogens with zero attached hydrogens (tertiary/aromatic N) is 1. The van der Waals surface area contributed by atoms with E-state index in [1.807, 2.05) is 0 Å². The van der Waals surface area contributed by atoms with E-state index < -0.39 is 0 Å². The van der Waals surface area contributed by atoms with Gasteiger partial charge in [0.15, 0.2) is 0 Å². The van der Waals surface area contributed by atoms with Gasteiger partial charge in [-0.05, 0) is 19.3 Å². The number of Topliss-reactive ketones (excluding diaryl/α,β-unsaturated/α-hetero) is 1. The van der Waals surface area contributed by atoms with Crippen LogP contribution in [0.1, 0.15) is 39.0 Å². The first-order valence-electron chi connectivity index (χ1n) is 5.72. The van der Waals surface area contributed by atoms with Crippen LogP contribution in [0.25, 0.3) is 0 Å². The third kappa shape index (κ3) is 4.20. The minimum Gasteiger partial charge on any atom is -0.328 e. The molecule has 0 saturated carbocycles. The zero-order chi connectivity index (χ0) is 10.4. The molecule has 0 aromatic heterocycles. The van der Waals surface area contributed by atoms with E-state index in [4.69, 9.17) is 5.73 Å². The third-order valence-electron chi connectivity index (χ3n) is 2.84. The maximum Gasteiger partial charge on any atom is 0.146 e. The summed E-state index contributed by atoms with van der Waals surface area (Å²) >= 11 is 0. The van der Waals surface area contributed by atoms with Gasteiger partial charge < -0.3 is 5.73 Å². The van der Waals surface area contributed by atoms with Crippen LogP contribution in [0.3, 0.4) is 0 Å². The number of hydrogen-bond acceptors (Lipinski definition) is 3. The highest BCUT2D eigenvalue weighted by Crippen LogP contribution is 2.08. The van der Waals surface area contributed by atoms with Crippen molar-refractivity contribution in [3.63, 3.8) is 0 Å². The fraction of sp³-hybridized carbons (Fsp3) is 0.909. The van der Waals surface area contributed by atoms with E-state index in [0.717, 1.165) is 45.2 Å². The Balaban J connectivity index is 2.14. The summed E-state index contributed by atoms with van der Waals surface area (Å²) in [6, 6.07) is 0.358.